The molecule has 0 aromatic heterocycles. The number of carboxylic acid groups (broad SMARTS) is 1. The van der Waals surface area contributed by atoms with Gasteiger partial charge in [0.1, 0.15) is 5.75 Å². The van der Waals surface area contributed by atoms with Gasteiger partial charge >= 0.3 is 12.0 Å². The summed E-state index contributed by atoms with van der Waals surface area (Å²) in [7, 11) is 1.65. The van der Waals surface area contributed by atoms with E-state index in [1.54, 1.807) is 7.11 Å². The summed E-state index contributed by atoms with van der Waals surface area (Å²) in [6, 6.07) is 8.03. The molecule has 2 aliphatic carbocycles. The van der Waals surface area contributed by atoms with Crippen LogP contribution in [0.3, 0.4) is 0 Å². The molecule has 2 aliphatic rings. The van der Waals surface area contributed by atoms with Gasteiger partial charge in [0, 0.05) is 18.0 Å². The van der Waals surface area contributed by atoms with Crippen molar-refractivity contribution in [3.05, 3.63) is 29.8 Å². The Kier molecular flexibility index (Phi) is 4.92. The maximum atomic E-state index is 12.1. The predicted molar refractivity (Wildman–Crippen MR) is 89.2 cm³/mol. The van der Waals surface area contributed by atoms with Crippen molar-refractivity contribution in [1.82, 2.24) is 10.6 Å². The van der Waals surface area contributed by atoms with E-state index in [0.29, 0.717) is 18.8 Å². The van der Waals surface area contributed by atoms with Crippen molar-refractivity contribution in [1.29, 1.82) is 0 Å². The van der Waals surface area contributed by atoms with Crippen molar-refractivity contribution in [3.8, 4) is 5.75 Å². The average Bonchev–Trinajstić information content (AvgIpc) is 3.34. The van der Waals surface area contributed by atoms with Crippen LogP contribution in [-0.4, -0.2) is 36.3 Å². The summed E-state index contributed by atoms with van der Waals surface area (Å²) in [6.07, 6.45) is 3.67. The van der Waals surface area contributed by atoms with E-state index in [-0.39, 0.29) is 24.0 Å². The van der Waals surface area contributed by atoms with E-state index >= 15 is 0 Å². The van der Waals surface area contributed by atoms with E-state index in [1.165, 1.54) is 5.56 Å². The van der Waals surface area contributed by atoms with Crippen molar-refractivity contribution in [3.63, 3.8) is 0 Å². The number of nitrogens with one attached hydrogen (secondary N) is 2. The second-order valence-corrected chi connectivity index (χ2v) is 6.73. The first kappa shape index (κ1) is 16.6. The summed E-state index contributed by atoms with van der Waals surface area (Å²) in [4.78, 5) is 23.1. The molecule has 2 saturated carbocycles. The van der Waals surface area contributed by atoms with Crippen LogP contribution in [0.25, 0.3) is 0 Å². The molecule has 3 rings (SSSR count). The molecule has 2 atom stereocenters. The molecule has 6 nitrogen and oxygen atoms in total. The molecule has 0 bridgehead atoms. The first-order chi connectivity index (χ1) is 11.6. The van der Waals surface area contributed by atoms with E-state index in [4.69, 9.17) is 9.84 Å². The largest absolute Gasteiger partial charge is 0.497 e. The monoisotopic (exact) mass is 332 g/mol. The van der Waals surface area contributed by atoms with Gasteiger partial charge in [-0.1, -0.05) is 12.1 Å². The number of hydrogen-bond donors (Lipinski definition) is 3. The fraction of sp³-hybridized carbons (Fsp3) is 0.556. The number of aliphatic carboxylic acids is 1. The maximum absolute atomic E-state index is 12.1. The van der Waals surface area contributed by atoms with Crippen molar-refractivity contribution in [2.45, 2.75) is 50.1 Å². The smallest absolute Gasteiger partial charge is 0.315 e. The standard InChI is InChI=1S/C18H24N2O4/c1-24-14-4-2-3-12(9-14)15-10-16(15)20-18(23)19-13-7-5-11(6-8-13)17(21)22/h2-4,9,11,13,15-16H,5-8,10H2,1H3,(H,21,22)(H2,19,20,23)/t11?,13?,15-,16+/m0/s1. The van der Waals surface area contributed by atoms with E-state index in [2.05, 4.69) is 16.7 Å². The summed E-state index contributed by atoms with van der Waals surface area (Å²) in [5.41, 5.74) is 1.18. The first-order valence-electron chi connectivity index (χ1n) is 8.50. The second-order valence-electron chi connectivity index (χ2n) is 6.73. The second kappa shape index (κ2) is 7.11. The molecule has 24 heavy (non-hydrogen) atoms. The molecule has 0 spiro atoms. The fourth-order valence-corrected chi connectivity index (χ4v) is 3.48. The van der Waals surface area contributed by atoms with Crippen LogP contribution in [-0.2, 0) is 4.79 Å². The predicted octanol–water partition coefficient (Wildman–Crippen LogP) is 2.49. The third-order valence-electron chi connectivity index (χ3n) is 5.04. The van der Waals surface area contributed by atoms with Gasteiger partial charge < -0.3 is 20.5 Å². The Balaban J connectivity index is 1.43. The van der Waals surface area contributed by atoms with Gasteiger partial charge in [-0.05, 0) is 49.8 Å². The lowest BCUT2D eigenvalue weighted by Crippen LogP contribution is -2.45. The molecule has 0 unspecified atom stereocenters. The zero-order chi connectivity index (χ0) is 17.1. The summed E-state index contributed by atoms with van der Waals surface area (Å²) in [5, 5.41) is 15.0. The van der Waals surface area contributed by atoms with Gasteiger partial charge in [0.2, 0.25) is 0 Å². The highest BCUT2D eigenvalue weighted by atomic mass is 16.5. The van der Waals surface area contributed by atoms with Crippen LogP contribution >= 0.6 is 0 Å². The molecule has 6 heteroatoms. The maximum Gasteiger partial charge on any atom is 0.315 e. The number of carboxylic acids is 1. The fourth-order valence-electron chi connectivity index (χ4n) is 3.48. The number of hydrogen-bond acceptors (Lipinski definition) is 3. The number of methoxy groups -OCH3 is 1. The van der Waals surface area contributed by atoms with Gasteiger partial charge in [-0.3, -0.25) is 4.79 Å². The Morgan fingerprint density at radius 3 is 2.58 bits per heavy atom. The van der Waals surface area contributed by atoms with Gasteiger partial charge in [0.05, 0.1) is 13.0 Å². The minimum absolute atomic E-state index is 0.0784. The van der Waals surface area contributed by atoms with Crippen molar-refractivity contribution >= 4 is 12.0 Å². The van der Waals surface area contributed by atoms with Crippen LogP contribution in [0.4, 0.5) is 4.79 Å². The van der Waals surface area contributed by atoms with Crippen LogP contribution in [0, 0.1) is 5.92 Å². The molecule has 3 N–H and O–H groups in total. The Bertz CT molecular complexity index is 611. The van der Waals surface area contributed by atoms with Crippen LogP contribution < -0.4 is 15.4 Å². The molecule has 0 radical (unpaired) electrons. The van der Waals surface area contributed by atoms with Crippen molar-refractivity contribution in [2.75, 3.05) is 7.11 Å². The van der Waals surface area contributed by atoms with Gasteiger partial charge in [0.25, 0.3) is 0 Å². The first-order valence-corrected chi connectivity index (χ1v) is 8.50. The Morgan fingerprint density at radius 2 is 1.92 bits per heavy atom. The molecule has 2 amide bonds. The number of carbonyl (C=O) groups is 2. The van der Waals surface area contributed by atoms with Crippen LogP contribution in [0.2, 0.25) is 0 Å². The lowest BCUT2D eigenvalue weighted by Gasteiger charge is -2.26. The number of carbonyl (C=O) groups excluding carboxylic acids is 1. The van der Waals surface area contributed by atoms with Crippen LogP contribution in [0.15, 0.2) is 24.3 Å². The molecule has 0 aliphatic heterocycles. The minimum Gasteiger partial charge on any atom is -0.497 e. The molecular formula is C18H24N2O4. The summed E-state index contributed by atoms with van der Waals surface area (Å²) < 4.78 is 5.23. The summed E-state index contributed by atoms with van der Waals surface area (Å²) in [6.45, 7) is 0. The molecule has 0 saturated heterocycles. The molecule has 2 fully saturated rings. The third-order valence-corrected chi connectivity index (χ3v) is 5.04. The normalized spacial score (nSPS) is 28.7. The minimum atomic E-state index is -0.725. The summed E-state index contributed by atoms with van der Waals surface area (Å²) in [5.74, 6) is 0.190. The van der Waals surface area contributed by atoms with Gasteiger partial charge in [-0.2, -0.15) is 0 Å². The van der Waals surface area contributed by atoms with Crippen molar-refractivity contribution in [2.24, 2.45) is 5.92 Å². The van der Waals surface area contributed by atoms with E-state index in [1.807, 2.05) is 18.2 Å². The number of amides is 2. The topological polar surface area (TPSA) is 87.7 Å². The highest BCUT2D eigenvalue weighted by Crippen LogP contribution is 2.41. The van der Waals surface area contributed by atoms with Crippen molar-refractivity contribution < 1.29 is 19.4 Å². The molecule has 1 aromatic carbocycles. The van der Waals surface area contributed by atoms with Crippen LogP contribution in [0.5, 0.6) is 5.75 Å². The highest BCUT2D eigenvalue weighted by Gasteiger charge is 2.40. The number of urea groups is 1. The molecule has 130 valence electrons. The van der Waals surface area contributed by atoms with Gasteiger partial charge in [0.15, 0.2) is 0 Å². The Hall–Kier alpha value is -2.24. The lowest BCUT2D eigenvalue weighted by atomic mass is 9.86. The highest BCUT2D eigenvalue weighted by molar-refractivity contribution is 5.75. The van der Waals surface area contributed by atoms with E-state index in [0.717, 1.165) is 25.0 Å². The van der Waals surface area contributed by atoms with Crippen LogP contribution in [0.1, 0.15) is 43.6 Å². The number of ether oxygens (including phenoxy) is 1. The molecule has 0 heterocycles. The zero-order valence-electron chi connectivity index (χ0n) is 13.8. The van der Waals surface area contributed by atoms with Gasteiger partial charge in [-0.25, -0.2) is 4.79 Å². The van der Waals surface area contributed by atoms with E-state index < -0.39 is 5.97 Å². The SMILES string of the molecule is COc1cccc([C@@H]2C[C@H]2NC(=O)NC2CCC(C(=O)O)CC2)c1. The Morgan fingerprint density at radius 1 is 1.17 bits per heavy atom. The summed E-state index contributed by atoms with van der Waals surface area (Å²) >= 11 is 0. The lowest BCUT2D eigenvalue weighted by molar-refractivity contribution is -0.142. The number of rotatable bonds is 5. The van der Waals surface area contributed by atoms with E-state index in [9.17, 15) is 9.59 Å². The molecule has 1 aromatic rings. The quantitative estimate of drug-likeness (QED) is 0.773. The Labute approximate surface area is 141 Å². The van der Waals surface area contributed by atoms with Gasteiger partial charge in [-0.15, -0.1) is 0 Å². The third kappa shape index (κ3) is 3.99. The average molecular weight is 332 g/mol. The molecular weight excluding hydrogens is 308 g/mol. The zero-order valence-corrected chi connectivity index (χ0v) is 13.8. The number of benzene rings is 1.